The summed E-state index contributed by atoms with van der Waals surface area (Å²) in [6, 6.07) is 2.04. The molecule has 1 aliphatic carbocycles. The summed E-state index contributed by atoms with van der Waals surface area (Å²) < 4.78 is 6.99. The van der Waals surface area contributed by atoms with Gasteiger partial charge >= 0.3 is 0 Å². The first kappa shape index (κ1) is 14.2. The number of nitriles is 1. The van der Waals surface area contributed by atoms with E-state index in [2.05, 4.69) is 11.2 Å². The predicted octanol–water partition coefficient (Wildman–Crippen LogP) is 0.650. The minimum Gasteiger partial charge on any atom is -0.391 e. The first-order valence-electron chi connectivity index (χ1n) is 7.51. The van der Waals surface area contributed by atoms with Crippen LogP contribution < -0.4 is 10.6 Å². The lowest BCUT2D eigenvalue weighted by atomic mass is 9.93. The maximum Gasteiger partial charge on any atom is 0.171 e. The van der Waals surface area contributed by atoms with E-state index in [0.717, 1.165) is 25.7 Å². The van der Waals surface area contributed by atoms with E-state index in [0.29, 0.717) is 43.5 Å². The van der Waals surface area contributed by atoms with Gasteiger partial charge < -0.3 is 20.5 Å². The molecule has 1 aromatic heterocycles. The van der Waals surface area contributed by atoms with Crippen LogP contribution in [-0.2, 0) is 4.74 Å². The van der Waals surface area contributed by atoms with Crippen molar-refractivity contribution in [3.63, 3.8) is 0 Å². The summed E-state index contributed by atoms with van der Waals surface area (Å²) in [6.45, 7) is 2.67. The number of aliphatic hydroxyl groups excluding tert-OH is 1. The predicted molar refractivity (Wildman–Crippen MR) is 77.9 cm³/mol. The van der Waals surface area contributed by atoms with Gasteiger partial charge in [-0.3, -0.25) is 0 Å². The number of morpholine rings is 1. The fraction of sp³-hybridized carbons (Fsp3) is 0.714. The van der Waals surface area contributed by atoms with E-state index in [1.165, 1.54) is 0 Å². The van der Waals surface area contributed by atoms with Crippen molar-refractivity contribution in [3.8, 4) is 6.07 Å². The Kier molecular flexibility index (Phi) is 3.99. The number of hydrogen-bond donors (Lipinski definition) is 2. The molecule has 1 saturated heterocycles. The lowest BCUT2D eigenvalue weighted by molar-refractivity contribution is 0.0705. The molecule has 0 radical (unpaired) electrons. The van der Waals surface area contributed by atoms with Gasteiger partial charge in [0.25, 0.3) is 0 Å². The number of nitrogen functional groups attached to an aromatic ring is 1. The van der Waals surface area contributed by atoms with Gasteiger partial charge in [-0.25, -0.2) is 4.68 Å². The van der Waals surface area contributed by atoms with E-state index < -0.39 is 6.10 Å². The standard InChI is InChI=1S/C14H21N5O2/c15-9-10-13(16)19(11-3-1-2-4-12(11)20)17-14(10)18-5-7-21-8-6-18/h11-12,20H,1-8,16H2. The van der Waals surface area contributed by atoms with Crippen LogP contribution in [0.1, 0.15) is 37.3 Å². The molecule has 3 rings (SSSR count). The molecule has 2 atom stereocenters. The number of aliphatic hydroxyl groups is 1. The first-order valence-corrected chi connectivity index (χ1v) is 7.51. The quantitative estimate of drug-likeness (QED) is 0.829. The molecule has 2 fully saturated rings. The van der Waals surface area contributed by atoms with Gasteiger partial charge in [-0.05, 0) is 12.8 Å². The molecule has 7 nitrogen and oxygen atoms in total. The molecule has 2 heterocycles. The van der Waals surface area contributed by atoms with Crippen molar-refractivity contribution in [1.82, 2.24) is 9.78 Å². The highest BCUT2D eigenvalue weighted by molar-refractivity contribution is 5.65. The summed E-state index contributed by atoms with van der Waals surface area (Å²) in [5.74, 6) is 0.987. The molecule has 0 amide bonds. The Bertz CT molecular complexity index is 544. The van der Waals surface area contributed by atoms with E-state index in [1.807, 2.05) is 4.90 Å². The molecule has 0 spiro atoms. The topological polar surface area (TPSA) is 100 Å². The van der Waals surface area contributed by atoms with Crippen molar-refractivity contribution in [2.45, 2.75) is 37.8 Å². The zero-order valence-corrected chi connectivity index (χ0v) is 12.0. The molecule has 21 heavy (non-hydrogen) atoms. The highest BCUT2D eigenvalue weighted by Crippen LogP contribution is 2.34. The lowest BCUT2D eigenvalue weighted by Gasteiger charge is -2.29. The zero-order valence-electron chi connectivity index (χ0n) is 12.0. The molecule has 1 aliphatic heterocycles. The van der Waals surface area contributed by atoms with Crippen LogP contribution in [0.2, 0.25) is 0 Å². The maximum atomic E-state index is 10.2. The van der Waals surface area contributed by atoms with Crippen molar-refractivity contribution < 1.29 is 9.84 Å². The van der Waals surface area contributed by atoms with Gasteiger partial charge in [-0.15, -0.1) is 0 Å². The highest BCUT2D eigenvalue weighted by Gasteiger charge is 2.30. The van der Waals surface area contributed by atoms with Crippen LogP contribution in [0.5, 0.6) is 0 Å². The van der Waals surface area contributed by atoms with Crippen molar-refractivity contribution in [3.05, 3.63) is 5.56 Å². The molecular weight excluding hydrogens is 270 g/mol. The largest absolute Gasteiger partial charge is 0.391 e. The van der Waals surface area contributed by atoms with Gasteiger partial charge in [-0.1, -0.05) is 12.8 Å². The molecule has 3 N–H and O–H groups in total. The van der Waals surface area contributed by atoms with Crippen LogP contribution in [0.4, 0.5) is 11.6 Å². The molecule has 114 valence electrons. The van der Waals surface area contributed by atoms with Gasteiger partial charge in [0.2, 0.25) is 0 Å². The number of aromatic nitrogens is 2. The average Bonchev–Trinajstić information content (AvgIpc) is 2.85. The third-order valence-corrected chi connectivity index (χ3v) is 4.36. The number of anilines is 2. The van der Waals surface area contributed by atoms with Crippen LogP contribution in [0.15, 0.2) is 0 Å². The Balaban J connectivity index is 1.94. The van der Waals surface area contributed by atoms with Gasteiger partial charge in [0.15, 0.2) is 5.82 Å². The van der Waals surface area contributed by atoms with E-state index in [-0.39, 0.29) is 6.04 Å². The third-order valence-electron chi connectivity index (χ3n) is 4.36. The molecule has 0 aromatic carbocycles. The molecule has 1 aromatic rings. The van der Waals surface area contributed by atoms with E-state index >= 15 is 0 Å². The summed E-state index contributed by atoms with van der Waals surface area (Å²) in [5, 5.41) is 24.2. The van der Waals surface area contributed by atoms with Gasteiger partial charge in [0.05, 0.1) is 25.4 Å². The van der Waals surface area contributed by atoms with Gasteiger partial charge in [0.1, 0.15) is 17.5 Å². The lowest BCUT2D eigenvalue weighted by Crippen LogP contribution is -2.37. The number of nitrogens with zero attached hydrogens (tertiary/aromatic N) is 4. The second-order valence-electron chi connectivity index (χ2n) is 5.66. The molecule has 0 bridgehead atoms. The zero-order chi connectivity index (χ0) is 14.8. The van der Waals surface area contributed by atoms with Crippen molar-refractivity contribution in [1.29, 1.82) is 5.26 Å². The molecular formula is C14H21N5O2. The van der Waals surface area contributed by atoms with Crippen LogP contribution in [0.3, 0.4) is 0 Å². The molecule has 1 saturated carbocycles. The smallest absolute Gasteiger partial charge is 0.171 e. The second-order valence-corrected chi connectivity index (χ2v) is 5.66. The summed E-state index contributed by atoms with van der Waals surface area (Å²) in [4.78, 5) is 2.03. The Morgan fingerprint density at radius 3 is 2.67 bits per heavy atom. The Labute approximate surface area is 123 Å². The van der Waals surface area contributed by atoms with Crippen LogP contribution in [-0.4, -0.2) is 47.3 Å². The number of hydrogen-bond acceptors (Lipinski definition) is 6. The Morgan fingerprint density at radius 1 is 1.29 bits per heavy atom. The van der Waals surface area contributed by atoms with Gasteiger partial charge in [-0.2, -0.15) is 10.4 Å². The van der Waals surface area contributed by atoms with Crippen molar-refractivity contribution in [2.75, 3.05) is 36.9 Å². The van der Waals surface area contributed by atoms with E-state index in [4.69, 9.17) is 10.5 Å². The Hall–Kier alpha value is -1.78. The third kappa shape index (κ3) is 2.57. The summed E-state index contributed by atoms with van der Waals surface area (Å²) in [7, 11) is 0. The average molecular weight is 291 g/mol. The Morgan fingerprint density at radius 2 is 2.00 bits per heavy atom. The minimum absolute atomic E-state index is 0.124. The molecule has 2 aliphatic rings. The normalized spacial score (nSPS) is 26.6. The number of ether oxygens (including phenoxy) is 1. The first-order chi connectivity index (χ1) is 10.2. The minimum atomic E-state index is -0.440. The molecule has 7 heteroatoms. The van der Waals surface area contributed by atoms with Crippen LogP contribution in [0.25, 0.3) is 0 Å². The summed E-state index contributed by atoms with van der Waals surface area (Å²) >= 11 is 0. The fourth-order valence-corrected chi connectivity index (χ4v) is 3.17. The highest BCUT2D eigenvalue weighted by atomic mass is 16.5. The van der Waals surface area contributed by atoms with Crippen LogP contribution >= 0.6 is 0 Å². The SMILES string of the molecule is N#Cc1c(N2CCOCC2)nn(C2CCCCC2O)c1N. The number of rotatable bonds is 2. The second kappa shape index (κ2) is 5.92. The van der Waals surface area contributed by atoms with Gasteiger partial charge in [0, 0.05) is 13.1 Å². The maximum absolute atomic E-state index is 10.2. The van der Waals surface area contributed by atoms with E-state index in [9.17, 15) is 10.4 Å². The summed E-state index contributed by atoms with van der Waals surface area (Å²) in [5.41, 5.74) is 6.54. The summed E-state index contributed by atoms with van der Waals surface area (Å²) in [6.07, 6.45) is 3.25. The van der Waals surface area contributed by atoms with Crippen molar-refractivity contribution >= 4 is 11.6 Å². The van der Waals surface area contributed by atoms with E-state index in [1.54, 1.807) is 4.68 Å². The fourth-order valence-electron chi connectivity index (χ4n) is 3.17. The van der Waals surface area contributed by atoms with Crippen LogP contribution in [0, 0.1) is 11.3 Å². The number of nitrogens with two attached hydrogens (primary N) is 1. The monoisotopic (exact) mass is 291 g/mol. The molecule has 2 unspecified atom stereocenters. The van der Waals surface area contributed by atoms with Crippen molar-refractivity contribution in [2.24, 2.45) is 0 Å².